The van der Waals surface area contributed by atoms with E-state index in [1.54, 1.807) is 19.1 Å². The zero-order valence-corrected chi connectivity index (χ0v) is 20.7. The number of nitrogens with zero attached hydrogens (tertiary/aromatic N) is 5. The zero-order valence-electron chi connectivity index (χ0n) is 19.9. The highest BCUT2D eigenvalue weighted by atomic mass is 35.5. The molecule has 3 aliphatic carbocycles. The maximum Gasteiger partial charge on any atom is 0.434 e. The summed E-state index contributed by atoms with van der Waals surface area (Å²) < 4.78 is 61.9. The molecule has 3 heterocycles. The molecule has 1 atom stereocenters. The molecule has 15 heteroatoms. The fourth-order valence-corrected chi connectivity index (χ4v) is 5.09. The second kappa shape index (κ2) is 8.89. The summed E-state index contributed by atoms with van der Waals surface area (Å²) in [5.74, 6) is -1.10. The highest BCUT2D eigenvalue weighted by Gasteiger charge is 2.70. The van der Waals surface area contributed by atoms with Gasteiger partial charge in [-0.1, -0.05) is 22.9 Å². The Morgan fingerprint density at radius 3 is 2.55 bits per heavy atom. The first kappa shape index (κ1) is 25.8. The van der Waals surface area contributed by atoms with Crippen LogP contribution >= 0.6 is 11.6 Å². The SMILES string of the molecule is C[C@@H](OC(=O)Nc1c(-c2ccc(C(=O)NC34CC(F)(C3)C4)c(C(F)(F)F)n2)nnn1C)c1cccnc1Cl. The Labute approximate surface area is 217 Å². The molecule has 38 heavy (non-hydrogen) atoms. The van der Waals surface area contributed by atoms with Gasteiger partial charge in [-0.2, -0.15) is 13.2 Å². The highest BCUT2D eigenvalue weighted by molar-refractivity contribution is 6.30. The van der Waals surface area contributed by atoms with Gasteiger partial charge in [-0.25, -0.2) is 23.8 Å². The number of alkyl halides is 4. The van der Waals surface area contributed by atoms with Crippen molar-refractivity contribution >= 4 is 29.4 Å². The summed E-state index contributed by atoms with van der Waals surface area (Å²) >= 11 is 6.03. The molecule has 3 aliphatic rings. The van der Waals surface area contributed by atoms with Gasteiger partial charge >= 0.3 is 12.3 Å². The summed E-state index contributed by atoms with van der Waals surface area (Å²) in [5.41, 5.74) is -4.35. The Morgan fingerprint density at radius 1 is 1.21 bits per heavy atom. The van der Waals surface area contributed by atoms with Crippen LogP contribution < -0.4 is 10.6 Å². The van der Waals surface area contributed by atoms with E-state index in [-0.39, 0.29) is 41.6 Å². The smallest absolute Gasteiger partial charge is 0.434 e. The molecule has 10 nitrogen and oxygen atoms in total. The van der Waals surface area contributed by atoms with Crippen LogP contribution in [0.5, 0.6) is 0 Å². The van der Waals surface area contributed by atoms with Crippen molar-refractivity contribution in [2.75, 3.05) is 5.32 Å². The number of hydrogen-bond acceptors (Lipinski definition) is 7. The molecule has 0 aliphatic heterocycles. The van der Waals surface area contributed by atoms with Gasteiger partial charge in [0, 0.05) is 43.6 Å². The topological polar surface area (TPSA) is 124 Å². The van der Waals surface area contributed by atoms with Crippen molar-refractivity contribution in [3.8, 4) is 11.4 Å². The number of halogens is 5. The zero-order chi connectivity index (χ0) is 27.5. The number of aromatic nitrogens is 5. The molecule has 2 bridgehead atoms. The first-order valence-electron chi connectivity index (χ1n) is 11.4. The Hall–Kier alpha value is -3.81. The van der Waals surface area contributed by atoms with Crippen molar-refractivity contribution < 1.29 is 31.9 Å². The van der Waals surface area contributed by atoms with Gasteiger partial charge in [0.15, 0.2) is 17.2 Å². The van der Waals surface area contributed by atoms with E-state index >= 15 is 0 Å². The maximum absolute atomic E-state index is 13.9. The van der Waals surface area contributed by atoms with E-state index in [9.17, 15) is 27.2 Å². The lowest BCUT2D eigenvalue weighted by molar-refractivity contribution is -0.163. The van der Waals surface area contributed by atoms with Gasteiger partial charge in [-0.3, -0.25) is 10.1 Å². The molecule has 3 aromatic rings. The number of hydrogen-bond donors (Lipinski definition) is 2. The number of amides is 2. The van der Waals surface area contributed by atoms with E-state index in [4.69, 9.17) is 16.3 Å². The second-order valence-corrected chi connectivity index (χ2v) is 9.83. The molecule has 0 aromatic carbocycles. The monoisotopic (exact) mass is 553 g/mol. The molecule has 0 radical (unpaired) electrons. The van der Waals surface area contributed by atoms with E-state index in [1.165, 1.54) is 13.2 Å². The Bertz CT molecular complexity index is 1420. The van der Waals surface area contributed by atoms with E-state index in [0.717, 1.165) is 16.8 Å². The van der Waals surface area contributed by atoms with Crippen LogP contribution in [0.1, 0.15) is 53.9 Å². The lowest BCUT2D eigenvalue weighted by Crippen LogP contribution is -2.76. The Morgan fingerprint density at radius 2 is 1.92 bits per heavy atom. The lowest BCUT2D eigenvalue weighted by atomic mass is 9.47. The summed E-state index contributed by atoms with van der Waals surface area (Å²) in [5, 5.41) is 12.6. The molecule has 0 unspecified atom stereocenters. The quantitative estimate of drug-likeness (QED) is 0.337. The highest BCUT2D eigenvalue weighted by Crippen LogP contribution is 2.63. The minimum Gasteiger partial charge on any atom is -0.441 e. The van der Waals surface area contributed by atoms with Gasteiger partial charge in [0.05, 0.1) is 11.3 Å². The first-order chi connectivity index (χ1) is 17.8. The molecule has 0 saturated heterocycles. The van der Waals surface area contributed by atoms with Crippen molar-refractivity contribution in [2.24, 2.45) is 7.05 Å². The average Bonchev–Trinajstić information content (AvgIpc) is 3.16. The molecular weight excluding hydrogens is 534 g/mol. The van der Waals surface area contributed by atoms with Crippen molar-refractivity contribution in [2.45, 2.75) is 49.7 Å². The van der Waals surface area contributed by atoms with Crippen LogP contribution in [-0.4, -0.2) is 48.2 Å². The van der Waals surface area contributed by atoms with Gasteiger partial charge in [-0.15, -0.1) is 5.10 Å². The molecule has 2 N–H and O–H groups in total. The number of carbonyl (C=O) groups is 2. The predicted molar refractivity (Wildman–Crippen MR) is 125 cm³/mol. The Kier molecular flexibility index (Phi) is 6.04. The third-order valence-electron chi connectivity index (χ3n) is 6.55. The van der Waals surface area contributed by atoms with Crippen LogP contribution in [-0.2, 0) is 18.0 Å². The third-order valence-corrected chi connectivity index (χ3v) is 6.87. The number of ether oxygens (including phenoxy) is 1. The number of pyridine rings is 2. The fraction of sp³-hybridized carbons (Fsp3) is 0.391. The number of aryl methyl sites for hydroxylation is 1. The molecular formula is C23H20ClF4N7O3. The van der Waals surface area contributed by atoms with Crippen molar-refractivity contribution in [3.05, 3.63) is 52.4 Å². The fourth-order valence-electron chi connectivity index (χ4n) is 4.82. The van der Waals surface area contributed by atoms with Crippen molar-refractivity contribution in [1.82, 2.24) is 30.3 Å². The van der Waals surface area contributed by atoms with Crippen LogP contribution in [0.25, 0.3) is 11.4 Å². The maximum atomic E-state index is 13.9. The van der Waals surface area contributed by atoms with E-state index in [2.05, 4.69) is 30.9 Å². The minimum absolute atomic E-state index is 0.0783. The van der Waals surface area contributed by atoms with Gasteiger partial charge in [-0.05, 0) is 25.1 Å². The third kappa shape index (κ3) is 4.64. The molecule has 3 aromatic heterocycles. The Balaban J connectivity index is 1.38. The van der Waals surface area contributed by atoms with Crippen LogP contribution in [0.3, 0.4) is 0 Å². The molecule has 3 saturated carbocycles. The van der Waals surface area contributed by atoms with E-state index < -0.39 is 46.7 Å². The molecule has 6 rings (SSSR count). The molecule has 2 amide bonds. The van der Waals surface area contributed by atoms with Crippen LogP contribution in [0.4, 0.5) is 28.2 Å². The van der Waals surface area contributed by atoms with Crippen molar-refractivity contribution in [1.29, 1.82) is 0 Å². The number of nitrogens with one attached hydrogen (secondary N) is 2. The van der Waals surface area contributed by atoms with Gasteiger partial charge in [0.2, 0.25) is 0 Å². The summed E-state index contributed by atoms with van der Waals surface area (Å²) in [7, 11) is 1.40. The summed E-state index contributed by atoms with van der Waals surface area (Å²) in [4.78, 5) is 32.8. The number of anilines is 1. The van der Waals surface area contributed by atoms with Crippen LogP contribution in [0, 0.1) is 0 Å². The van der Waals surface area contributed by atoms with Crippen molar-refractivity contribution in [3.63, 3.8) is 0 Å². The van der Waals surface area contributed by atoms with Gasteiger partial charge < -0.3 is 10.1 Å². The first-order valence-corrected chi connectivity index (χ1v) is 11.7. The van der Waals surface area contributed by atoms with Crippen LogP contribution in [0.2, 0.25) is 5.15 Å². The summed E-state index contributed by atoms with van der Waals surface area (Å²) in [6, 6.07) is 5.35. The summed E-state index contributed by atoms with van der Waals surface area (Å²) in [6.07, 6.45) is -5.05. The largest absolute Gasteiger partial charge is 0.441 e. The second-order valence-electron chi connectivity index (χ2n) is 9.47. The average molecular weight is 554 g/mol. The summed E-state index contributed by atoms with van der Waals surface area (Å²) in [6.45, 7) is 1.56. The standard InChI is InChI=1S/C23H20ClF4N7O3/c1-11(12-4-3-7-29-17(12)24)38-20(37)31-18-15(33-34-35(18)2)14-6-5-13(16(30-14)23(26,27)28)19(36)32-22-8-21(25,9-22)10-22/h3-7,11H,8-10H2,1-2H3,(H,31,37)(H,32,36)/t11-,21?,22?/m1/s1. The normalized spacial score (nSPS) is 22.6. The molecule has 3 fully saturated rings. The molecule has 0 spiro atoms. The lowest BCUT2D eigenvalue weighted by Gasteiger charge is -2.65. The van der Waals surface area contributed by atoms with E-state index in [1.807, 2.05) is 0 Å². The van der Waals surface area contributed by atoms with Gasteiger partial charge in [0.1, 0.15) is 16.9 Å². The minimum atomic E-state index is -4.99. The van der Waals surface area contributed by atoms with Gasteiger partial charge in [0.25, 0.3) is 5.91 Å². The molecule has 200 valence electrons. The predicted octanol–water partition coefficient (Wildman–Crippen LogP) is 4.63. The number of rotatable bonds is 6. The van der Waals surface area contributed by atoms with Crippen LogP contribution in [0.15, 0.2) is 30.5 Å². The number of carbonyl (C=O) groups excluding carboxylic acids is 2. The van der Waals surface area contributed by atoms with E-state index in [0.29, 0.717) is 5.56 Å².